The molecular formula is C15H21BrN2O3. The van der Waals surface area contributed by atoms with Crippen LogP contribution in [0.1, 0.15) is 43.0 Å². The fourth-order valence-corrected chi connectivity index (χ4v) is 2.53. The number of hydrogen-bond acceptors (Lipinski definition) is 3. The molecule has 0 fully saturated rings. The van der Waals surface area contributed by atoms with E-state index in [4.69, 9.17) is 10.8 Å². The lowest BCUT2D eigenvalue weighted by molar-refractivity contribution is -0.137. The van der Waals surface area contributed by atoms with Crippen LogP contribution in [-0.4, -0.2) is 23.5 Å². The molecule has 6 heteroatoms. The first-order chi connectivity index (χ1) is 9.93. The number of nitrogens with one attached hydrogen (secondary N) is 1. The number of benzene rings is 1. The average molecular weight is 357 g/mol. The van der Waals surface area contributed by atoms with Gasteiger partial charge in [-0.2, -0.15) is 0 Å². The van der Waals surface area contributed by atoms with Gasteiger partial charge in [0.1, 0.15) is 0 Å². The Morgan fingerprint density at radius 1 is 1.38 bits per heavy atom. The van der Waals surface area contributed by atoms with E-state index in [-0.39, 0.29) is 6.42 Å². The molecule has 0 aliphatic rings. The van der Waals surface area contributed by atoms with Crippen molar-refractivity contribution in [3.63, 3.8) is 0 Å². The molecule has 0 heterocycles. The molecule has 1 aromatic carbocycles. The molecule has 116 valence electrons. The van der Waals surface area contributed by atoms with Crippen molar-refractivity contribution in [2.75, 3.05) is 11.9 Å². The molecular weight excluding hydrogens is 336 g/mol. The van der Waals surface area contributed by atoms with Crippen LogP contribution in [0, 0.1) is 5.92 Å². The van der Waals surface area contributed by atoms with Gasteiger partial charge >= 0.3 is 5.97 Å². The molecule has 0 saturated heterocycles. The molecule has 1 aromatic rings. The molecule has 0 aliphatic heterocycles. The fraction of sp³-hybridized carbons (Fsp3) is 0.467. The van der Waals surface area contributed by atoms with Crippen molar-refractivity contribution in [2.45, 2.75) is 32.6 Å². The maximum Gasteiger partial charge on any atom is 0.303 e. The van der Waals surface area contributed by atoms with E-state index in [1.807, 2.05) is 6.07 Å². The molecule has 1 unspecified atom stereocenters. The van der Waals surface area contributed by atoms with Crippen LogP contribution in [0.5, 0.6) is 0 Å². The average Bonchev–Trinajstić information content (AvgIpc) is 2.42. The van der Waals surface area contributed by atoms with Gasteiger partial charge in [-0.05, 0) is 37.0 Å². The largest absolute Gasteiger partial charge is 0.481 e. The van der Waals surface area contributed by atoms with Crippen LogP contribution >= 0.6 is 15.9 Å². The first-order valence-corrected chi connectivity index (χ1v) is 7.78. The van der Waals surface area contributed by atoms with Crippen molar-refractivity contribution in [1.29, 1.82) is 0 Å². The first kappa shape index (κ1) is 17.5. The third-order valence-electron chi connectivity index (χ3n) is 3.46. The van der Waals surface area contributed by atoms with Gasteiger partial charge in [0, 0.05) is 23.1 Å². The van der Waals surface area contributed by atoms with Crippen molar-refractivity contribution >= 4 is 33.5 Å². The molecule has 5 nitrogen and oxygen atoms in total. The molecule has 1 amide bonds. The number of carbonyl (C=O) groups is 2. The maximum absolute atomic E-state index is 11.4. The van der Waals surface area contributed by atoms with E-state index in [0.29, 0.717) is 30.1 Å². The van der Waals surface area contributed by atoms with E-state index in [9.17, 15) is 9.59 Å². The second kappa shape index (κ2) is 8.67. The van der Waals surface area contributed by atoms with Crippen LogP contribution in [0.15, 0.2) is 22.7 Å². The number of carboxylic acid groups (broad SMARTS) is 1. The van der Waals surface area contributed by atoms with Crippen LogP contribution < -0.4 is 11.1 Å². The number of rotatable bonds is 9. The van der Waals surface area contributed by atoms with Crippen LogP contribution in [0.25, 0.3) is 0 Å². The van der Waals surface area contributed by atoms with Gasteiger partial charge in [0.15, 0.2) is 0 Å². The Kier molecular flexibility index (Phi) is 7.22. The van der Waals surface area contributed by atoms with Crippen molar-refractivity contribution in [3.8, 4) is 0 Å². The van der Waals surface area contributed by atoms with Gasteiger partial charge in [-0.25, -0.2) is 0 Å². The van der Waals surface area contributed by atoms with Crippen LogP contribution in [0.2, 0.25) is 0 Å². The summed E-state index contributed by atoms with van der Waals surface area (Å²) in [7, 11) is 0. The zero-order valence-corrected chi connectivity index (χ0v) is 13.6. The highest BCUT2D eigenvalue weighted by Gasteiger charge is 2.11. The fourth-order valence-electron chi connectivity index (χ4n) is 2.17. The summed E-state index contributed by atoms with van der Waals surface area (Å²) in [5.74, 6) is -0.870. The molecule has 0 radical (unpaired) electrons. The number of halogens is 1. The molecule has 0 spiro atoms. The van der Waals surface area contributed by atoms with Gasteiger partial charge in [0.25, 0.3) is 5.91 Å². The maximum atomic E-state index is 11.4. The van der Waals surface area contributed by atoms with Gasteiger partial charge in [0.2, 0.25) is 0 Å². The van der Waals surface area contributed by atoms with Gasteiger partial charge in [0.05, 0.1) is 5.56 Å². The SMILES string of the molecule is CCC(CCNc1cc(Br)ccc1C(N)=O)CCC(=O)O. The number of amides is 1. The van der Waals surface area contributed by atoms with E-state index in [1.165, 1.54) is 0 Å². The Bertz CT molecular complexity index is 506. The van der Waals surface area contributed by atoms with Crippen LogP contribution in [0.4, 0.5) is 5.69 Å². The molecule has 0 bridgehead atoms. The van der Waals surface area contributed by atoms with Gasteiger partial charge in [-0.3, -0.25) is 9.59 Å². The van der Waals surface area contributed by atoms with E-state index < -0.39 is 11.9 Å². The number of hydrogen-bond donors (Lipinski definition) is 3. The quantitative estimate of drug-likeness (QED) is 0.633. The molecule has 1 atom stereocenters. The summed E-state index contributed by atoms with van der Waals surface area (Å²) in [5, 5.41) is 11.9. The van der Waals surface area contributed by atoms with E-state index in [0.717, 1.165) is 17.3 Å². The zero-order valence-electron chi connectivity index (χ0n) is 12.1. The number of nitrogens with two attached hydrogens (primary N) is 1. The number of anilines is 1. The molecule has 21 heavy (non-hydrogen) atoms. The molecule has 4 N–H and O–H groups in total. The second-order valence-electron chi connectivity index (χ2n) is 4.98. The summed E-state index contributed by atoms with van der Waals surface area (Å²) in [6.07, 6.45) is 2.67. The highest BCUT2D eigenvalue weighted by molar-refractivity contribution is 9.10. The highest BCUT2D eigenvalue weighted by atomic mass is 79.9. The lowest BCUT2D eigenvalue weighted by atomic mass is 9.96. The number of carbonyl (C=O) groups excluding carboxylic acids is 1. The van der Waals surface area contributed by atoms with Gasteiger partial charge in [-0.15, -0.1) is 0 Å². The molecule has 1 rings (SSSR count). The summed E-state index contributed by atoms with van der Waals surface area (Å²) in [5.41, 5.74) is 6.50. The molecule has 0 aliphatic carbocycles. The minimum absolute atomic E-state index is 0.196. The summed E-state index contributed by atoms with van der Waals surface area (Å²) in [6.45, 7) is 2.73. The summed E-state index contributed by atoms with van der Waals surface area (Å²) in [4.78, 5) is 22.0. The van der Waals surface area contributed by atoms with Gasteiger partial charge < -0.3 is 16.2 Å². The standard InChI is InChI=1S/C15H21BrN2O3/c1-2-10(3-6-14(19)20)7-8-18-13-9-11(16)4-5-12(13)15(17)21/h4-5,9-10,18H,2-3,6-8H2,1H3,(H2,17,21)(H,19,20). The lowest BCUT2D eigenvalue weighted by Crippen LogP contribution is -2.16. The van der Waals surface area contributed by atoms with E-state index in [2.05, 4.69) is 28.2 Å². The van der Waals surface area contributed by atoms with Crippen LogP contribution in [-0.2, 0) is 4.79 Å². The Labute approximate surface area is 133 Å². The smallest absolute Gasteiger partial charge is 0.303 e. The van der Waals surface area contributed by atoms with Crippen molar-refractivity contribution in [2.24, 2.45) is 11.7 Å². The minimum Gasteiger partial charge on any atom is -0.481 e. The first-order valence-electron chi connectivity index (χ1n) is 6.99. The van der Waals surface area contributed by atoms with Crippen molar-refractivity contribution < 1.29 is 14.7 Å². The number of carboxylic acids is 1. The summed E-state index contributed by atoms with van der Waals surface area (Å²) < 4.78 is 0.868. The Hall–Kier alpha value is -1.56. The van der Waals surface area contributed by atoms with Crippen molar-refractivity contribution in [1.82, 2.24) is 0 Å². The Morgan fingerprint density at radius 3 is 2.67 bits per heavy atom. The van der Waals surface area contributed by atoms with Crippen molar-refractivity contribution in [3.05, 3.63) is 28.2 Å². The molecule has 0 aromatic heterocycles. The van der Waals surface area contributed by atoms with E-state index >= 15 is 0 Å². The predicted octanol–water partition coefficient (Wildman–Crippen LogP) is 3.24. The van der Waals surface area contributed by atoms with Gasteiger partial charge in [-0.1, -0.05) is 29.3 Å². The lowest BCUT2D eigenvalue weighted by Gasteiger charge is -2.16. The molecule has 0 saturated carbocycles. The van der Waals surface area contributed by atoms with E-state index in [1.54, 1.807) is 12.1 Å². The number of primary amides is 1. The second-order valence-corrected chi connectivity index (χ2v) is 5.89. The minimum atomic E-state index is -0.760. The monoisotopic (exact) mass is 356 g/mol. The topological polar surface area (TPSA) is 92.4 Å². The summed E-state index contributed by atoms with van der Waals surface area (Å²) >= 11 is 3.36. The summed E-state index contributed by atoms with van der Waals surface area (Å²) in [6, 6.07) is 5.27. The number of aliphatic carboxylic acids is 1. The third-order valence-corrected chi connectivity index (χ3v) is 3.95. The third kappa shape index (κ3) is 6.16. The predicted molar refractivity (Wildman–Crippen MR) is 86.4 cm³/mol. The zero-order chi connectivity index (χ0) is 15.8. The van der Waals surface area contributed by atoms with Crippen LogP contribution in [0.3, 0.4) is 0 Å². The Balaban J connectivity index is 2.56. The highest BCUT2D eigenvalue weighted by Crippen LogP contribution is 2.22. The normalized spacial score (nSPS) is 11.9. The Morgan fingerprint density at radius 2 is 2.10 bits per heavy atom.